The molecule has 1 unspecified atom stereocenters. The van der Waals surface area contributed by atoms with Crippen LogP contribution in [-0.2, 0) is 0 Å². The highest BCUT2D eigenvalue weighted by Gasteiger charge is 2.12. The number of nitrogens with zero attached hydrogens (tertiary/aromatic N) is 3. The predicted octanol–water partition coefficient (Wildman–Crippen LogP) is 4.37. The summed E-state index contributed by atoms with van der Waals surface area (Å²) in [4.78, 5) is 0. The molecule has 0 saturated carbocycles. The van der Waals surface area contributed by atoms with Gasteiger partial charge in [0.2, 0.25) is 0 Å². The lowest BCUT2D eigenvalue weighted by molar-refractivity contribution is 0.784. The molecule has 2 aromatic rings. The fourth-order valence-electron chi connectivity index (χ4n) is 1.41. The van der Waals surface area contributed by atoms with Crippen LogP contribution in [0.1, 0.15) is 24.4 Å². The Morgan fingerprint density at radius 2 is 2.24 bits per heavy atom. The Morgan fingerprint density at radius 1 is 1.47 bits per heavy atom. The van der Waals surface area contributed by atoms with Crippen LogP contribution in [0.5, 0.6) is 0 Å². The Kier molecular flexibility index (Phi) is 4.07. The van der Waals surface area contributed by atoms with E-state index in [1.165, 1.54) is 0 Å². The van der Waals surface area contributed by atoms with E-state index in [-0.39, 0.29) is 5.38 Å². The van der Waals surface area contributed by atoms with E-state index in [0.29, 0.717) is 5.02 Å². The summed E-state index contributed by atoms with van der Waals surface area (Å²) in [5.41, 5.74) is 1.66. The van der Waals surface area contributed by atoms with Gasteiger partial charge in [0, 0.05) is 9.50 Å². The van der Waals surface area contributed by atoms with E-state index in [9.17, 15) is 0 Å². The molecular formula is C11H10BrCl2N3. The van der Waals surface area contributed by atoms with Gasteiger partial charge in [0.1, 0.15) is 5.69 Å². The molecule has 1 aromatic carbocycles. The van der Waals surface area contributed by atoms with Gasteiger partial charge < -0.3 is 0 Å². The number of alkyl halides is 1. The minimum Gasteiger partial charge on any atom is -0.219 e. The van der Waals surface area contributed by atoms with Crippen LogP contribution in [0.4, 0.5) is 0 Å². The molecule has 17 heavy (non-hydrogen) atoms. The van der Waals surface area contributed by atoms with Crippen LogP contribution in [0.25, 0.3) is 5.69 Å². The first-order valence-corrected chi connectivity index (χ1v) is 6.74. The average Bonchev–Trinajstić information content (AvgIpc) is 2.77. The van der Waals surface area contributed by atoms with Crippen molar-refractivity contribution in [3.05, 3.63) is 39.6 Å². The van der Waals surface area contributed by atoms with Gasteiger partial charge in [-0.3, -0.25) is 0 Å². The highest BCUT2D eigenvalue weighted by molar-refractivity contribution is 9.10. The van der Waals surface area contributed by atoms with Crippen LogP contribution in [-0.4, -0.2) is 15.0 Å². The summed E-state index contributed by atoms with van der Waals surface area (Å²) in [7, 11) is 0. The summed E-state index contributed by atoms with van der Waals surface area (Å²) in [6.45, 7) is 2.01. The van der Waals surface area contributed by atoms with Crippen LogP contribution in [0.3, 0.4) is 0 Å². The first kappa shape index (κ1) is 12.9. The van der Waals surface area contributed by atoms with Gasteiger partial charge in [0.25, 0.3) is 0 Å². The molecule has 0 aliphatic heterocycles. The van der Waals surface area contributed by atoms with Crippen LogP contribution in [0.15, 0.2) is 28.9 Å². The normalized spacial score (nSPS) is 12.7. The van der Waals surface area contributed by atoms with E-state index in [1.54, 1.807) is 10.7 Å². The van der Waals surface area contributed by atoms with Gasteiger partial charge in [-0.1, -0.05) is 23.7 Å². The number of benzene rings is 1. The molecule has 0 radical (unpaired) electrons. The second kappa shape index (κ2) is 5.38. The molecule has 0 aliphatic carbocycles. The SMILES string of the molecule is CCC(Cl)c1cn(-c2ccc(Cl)cc2Br)nn1. The molecule has 6 heteroatoms. The summed E-state index contributed by atoms with van der Waals surface area (Å²) >= 11 is 15.4. The molecule has 0 amide bonds. The highest BCUT2D eigenvalue weighted by atomic mass is 79.9. The van der Waals surface area contributed by atoms with Crippen molar-refractivity contribution < 1.29 is 0 Å². The molecular weight excluding hydrogens is 325 g/mol. The zero-order valence-electron chi connectivity index (χ0n) is 9.07. The quantitative estimate of drug-likeness (QED) is 0.780. The Balaban J connectivity index is 2.37. The van der Waals surface area contributed by atoms with Gasteiger partial charge in [0.05, 0.1) is 17.3 Å². The smallest absolute Gasteiger partial charge is 0.101 e. The molecule has 2 rings (SSSR count). The zero-order valence-corrected chi connectivity index (χ0v) is 12.2. The number of aromatic nitrogens is 3. The Hall–Kier alpha value is -0.580. The minimum absolute atomic E-state index is 0.102. The van der Waals surface area contributed by atoms with Crippen molar-refractivity contribution >= 4 is 39.1 Å². The van der Waals surface area contributed by atoms with Gasteiger partial charge in [0.15, 0.2) is 0 Å². The van der Waals surface area contributed by atoms with Crippen molar-refractivity contribution in [3.8, 4) is 5.69 Å². The third-order valence-electron chi connectivity index (χ3n) is 2.35. The summed E-state index contributed by atoms with van der Waals surface area (Å²) in [6, 6.07) is 5.50. The standard InChI is InChI=1S/C11H10BrCl2N3/c1-2-9(14)10-6-17(16-15-10)11-4-3-7(13)5-8(11)12/h3-6,9H,2H2,1H3. The fourth-order valence-corrected chi connectivity index (χ4v) is 2.38. The molecule has 3 nitrogen and oxygen atoms in total. The number of hydrogen-bond acceptors (Lipinski definition) is 2. The fraction of sp³-hybridized carbons (Fsp3) is 0.273. The summed E-state index contributed by atoms with van der Waals surface area (Å²) in [5.74, 6) is 0. The van der Waals surface area contributed by atoms with E-state index < -0.39 is 0 Å². The van der Waals surface area contributed by atoms with Crippen molar-refractivity contribution in [2.75, 3.05) is 0 Å². The van der Waals surface area contributed by atoms with E-state index >= 15 is 0 Å². The second-order valence-electron chi connectivity index (χ2n) is 3.56. The van der Waals surface area contributed by atoms with Crippen molar-refractivity contribution in [2.24, 2.45) is 0 Å². The number of hydrogen-bond donors (Lipinski definition) is 0. The third kappa shape index (κ3) is 2.81. The van der Waals surface area contributed by atoms with E-state index in [0.717, 1.165) is 22.3 Å². The molecule has 0 spiro atoms. The van der Waals surface area contributed by atoms with Crippen molar-refractivity contribution in [1.29, 1.82) is 0 Å². The zero-order chi connectivity index (χ0) is 12.4. The Bertz CT molecular complexity index is 527. The molecule has 1 heterocycles. The summed E-state index contributed by atoms with van der Waals surface area (Å²) < 4.78 is 2.55. The second-order valence-corrected chi connectivity index (χ2v) is 5.38. The maximum Gasteiger partial charge on any atom is 0.101 e. The van der Waals surface area contributed by atoms with Gasteiger partial charge in [-0.2, -0.15) is 0 Å². The molecule has 0 aliphatic rings. The van der Waals surface area contributed by atoms with Gasteiger partial charge >= 0.3 is 0 Å². The van der Waals surface area contributed by atoms with Gasteiger partial charge in [-0.05, 0) is 40.5 Å². The minimum atomic E-state index is -0.102. The Labute approximate surface area is 118 Å². The molecule has 0 N–H and O–H groups in total. The highest BCUT2D eigenvalue weighted by Crippen LogP contribution is 2.26. The van der Waals surface area contributed by atoms with Gasteiger partial charge in [-0.15, -0.1) is 16.7 Å². The van der Waals surface area contributed by atoms with Crippen molar-refractivity contribution in [1.82, 2.24) is 15.0 Å². The first-order chi connectivity index (χ1) is 8.11. The summed E-state index contributed by atoms with van der Waals surface area (Å²) in [5, 5.41) is 8.68. The molecule has 0 saturated heterocycles. The lowest BCUT2D eigenvalue weighted by Gasteiger charge is -2.03. The lowest BCUT2D eigenvalue weighted by atomic mass is 10.2. The lowest BCUT2D eigenvalue weighted by Crippen LogP contribution is -1.95. The molecule has 0 bridgehead atoms. The van der Waals surface area contributed by atoms with E-state index in [1.807, 2.05) is 25.3 Å². The monoisotopic (exact) mass is 333 g/mol. The molecule has 1 aromatic heterocycles. The third-order valence-corrected chi connectivity index (χ3v) is 3.75. The van der Waals surface area contributed by atoms with Gasteiger partial charge in [-0.25, -0.2) is 4.68 Å². The number of rotatable bonds is 3. The first-order valence-electron chi connectivity index (χ1n) is 5.13. The average molecular weight is 335 g/mol. The van der Waals surface area contributed by atoms with Crippen LogP contribution >= 0.6 is 39.1 Å². The van der Waals surface area contributed by atoms with Crippen molar-refractivity contribution in [3.63, 3.8) is 0 Å². The van der Waals surface area contributed by atoms with E-state index in [4.69, 9.17) is 23.2 Å². The van der Waals surface area contributed by atoms with E-state index in [2.05, 4.69) is 26.2 Å². The maximum absolute atomic E-state index is 6.11. The maximum atomic E-state index is 6.11. The number of halogens is 3. The predicted molar refractivity (Wildman–Crippen MR) is 73.0 cm³/mol. The molecule has 0 fully saturated rings. The largest absolute Gasteiger partial charge is 0.219 e. The molecule has 90 valence electrons. The van der Waals surface area contributed by atoms with Crippen molar-refractivity contribution in [2.45, 2.75) is 18.7 Å². The topological polar surface area (TPSA) is 30.7 Å². The summed E-state index contributed by atoms with van der Waals surface area (Å²) in [6.07, 6.45) is 2.65. The van der Waals surface area contributed by atoms with Crippen LogP contribution in [0, 0.1) is 0 Å². The van der Waals surface area contributed by atoms with Crippen LogP contribution in [0.2, 0.25) is 5.02 Å². The Morgan fingerprint density at radius 3 is 2.88 bits per heavy atom. The molecule has 1 atom stereocenters. The van der Waals surface area contributed by atoms with Crippen LogP contribution < -0.4 is 0 Å².